The van der Waals surface area contributed by atoms with Crippen molar-refractivity contribution in [2.45, 2.75) is 69.9 Å². The van der Waals surface area contributed by atoms with Gasteiger partial charge in [0, 0.05) is 24.3 Å². The molecule has 1 aromatic carbocycles. The minimum absolute atomic E-state index is 0.137. The zero-order valence-electron chi connectivity index (χ0n) is 12.1. The highest BCUT2D eigenvalue weighted by Crippen LogP contribution is 2.42. The van der Waals surface area contributed by atoms with Crippen LogP contribution in [0.25, 0.3) is 0 Å². The van der Waals surface area contributed by atoms with Crippen LogP contribution in [0.3, 0.4) is 0 Å². The van der Waals surface area contributed by atoms with Gasteiger partial charge in [0.05, 0.1) is 12.2 Å². The highest BCUT2D eigenvalue weighted by atomic mass is 35.5. The van der Waals surface area contributed by atoms with Crippen molar-refractivity contribution in [3.63, 3.8) is 0 Å². The molecule has 1 aliphatic heterocycles. The van der Waals surface area contributed by atoms with Gasteiger partial charge in [0.1, 0.15) is 0 Å². The highest BCUT2D eigenvalue weighted by molar-refractivity contribution is 6.31. The quantitative estimate of drug-likeness (QED) is 0.802. The molecule has 20 heavy (non-hydrogen) atoms. The lowest BCUT2D eigenvalue weighted by atomic mass is 9.94. The smallest absolute Gasteiger partial charge is 0.169 e. The maximum atomic E-state index is 6.37. The molecule has 2 aliphatic rings. The summed E-state index contributed by atoms with van der Waals surface area (Å²) in [6.45, 7) is 2.18. The Balaban J connectivity index is 1.73. The lowest BCUT2D eigenvalue weighted by Crippen LogP contribution is -2.33. The molecule has 3 heteroatoms. The van der Waals surface area contributed by atoms with Crippen LogP contribution in [0.4, 0.5) is 0 Å². The lowest BCUT2D eigenvalue weighted by molar-refractivity contribution is -0.194. The van der Waals surface area contributed by atoms with Gasteiger partial charge in [0.25, 0.3) is 0 Å². The molecule has 2 nitrogen and oxygen atoms in total. The third kappa shape index (κ3) is 2.88. The molecular formula is C17H23ClO2. The molecule has 0 aromatic heterocycles. The predicted molar refractivity (Wildman–Crippen MR) is 81.0 cm³/mol. The summed E-state index contributed by atoms with van der Waals surface area (Å²) in [6, 6.07) is 8.04. The van der Waals surface area contributed by atoms with E-state index in [1.165, 1.54) is 19.3 Å². The number of halogens is 1. The Hall–Kier alpha value is -0.570. The van der Waals surface area contributed by atoms with E-state index in [4.69, 9.17) is 21.1 Å². The second-order valence-electron chi connectivity index (χ2n) is 5.99. The molecule has 1 saturated carbocycles. The van der Waals surface area contributed by atoms with Crippen LogP contribution in [0, 0.1) is 0 Å². The molecule has 2 atom stereocenters. The SMILES string of the molecule is CCC1OC2(CCCCC2)OC1Cc1ccccc1Cl. The third-order valence-corrected chi connectivity index (χ3v) is 4.91. The maximum Gasteiger partial charge on any atom is 0.169 e. The molecule has 3 rings (SSSR count). The Kier molecular flexibility index (Phi) is 4.34. The van der Waals surface area contributed by atoms with E-state index in [1.807, 2.05) is 18.2 Å². The summed E-state index contributed by atoms with van der Waals surface area (Å²) < 4.78 is 12.7. The van der Waals surface area contributed by atoms with Crippen LogP contribution in [-0.4, -0.2) is 18.0 Å². The Morgan fingerprint density at radius 2 is 1.80 bits per heavy atom. The van der Waals surface area contributed by atoms with Gasteiger partial charge >= 0.3 is 0 Å². The van der Waals surface area contributed by atoms with Gasteiger partial charge in [-0.1, -0.05) is 43.1 Å². The molecule has 1 spiro atoms. The third-order valence-electron chi connectivity index (χ3n) is 4.54. The summed E-state index contributed by atoms with van der Waals surface area (Å²) in [5.41, 5.74) is 1.16. The molecule has 0 amide bonds. The molecule has 1 aromatic rings. The molecule has 0 N–H and O–H groups in total. The fourth-order valence-electron chi connectivity index (χ4n) is 3.46. The van der Waals surface area contributed by atoms with Crippen molar-refractivity contribution in [3.05, 3.63) is 34.9 Å². The minimum atomic E-state index is -0.301. The van der Waals surface area contributed by atoms with Crippen molar-refractivity contribution >= 4 is 11.6 Å². The fraction of sp³-hybridized carbons (Fsp3) is 0.647. The number of hydrogen-bond donors (Lipinski definition) is 0. The van der Waals surface area contributed by atoms with E-state index < -0.39 is 0 Å². The van der Waals surface area contributed by atoms with Crippen LogP contribution in [0.5, 0.6) is 0 Å². The molecule has 0 bridgehead atoms. The van der Waals surface area contributed by atoms with Gasteiger partial charge in [-0.3, -0.25) is 0 Å². The minimum Gasteiger partial charge on any atom is -0.344 e. The van der Waals surface area contributed by atoms with Crippen LogP contribution in [-0.2, 0) is 15.9 Å². The van der Waals surface area contributed by atoms with Crippen molar-refractivity contribution in [2.75, 3.05) is 0 Å². The van der Waals surface area contributed by atoms with Gasteiger partial charge < -0.3 is 9.47 Å². The second kappa shape index (κ2) is 6.05. The first-order valence-corrected chi connectivity index (χ1v) is 8.19. The van der Waals surface area contributed by atoms with E-state index in [0.717, 1.165) is 36.3 Å². The van der Waals surface area contributed by atoms with E-state index in [0.29, 0.717) is 0 Å². The number of benzene rings is 1. The first-order chi connectivity index (χ1) is 9.72. The Labute approximate surface area is 126 Å². The van der Waals surface area contributed by atoms with Crippen molar-refractivity contribution in [1.29, 1.82) is 0 Å². The van der Waals surface area contributed by atoms with Gasteiger partial charge in [0.2, 0.25) is 0 Å². The molecule has 110 valence electrons. The van der Waals surface area contributed by atoms with Gasteiger partial charge in [0.15, 0.2) is 5.79 Å². The maximum absolute atomic E-state index is 6.37. The van der Waals surface area contributed by atoms with Crippen LogP contribution < -0.4 is 0 Å². The average Bonchev–Trinajstić information content (AvgIpc) is 2.79. The topological polar surface area (TPSA) is 18.5 Å². The Morgan fingerprint density at radius 3 is 2.50 bits per heavy atom. The molecule has 1 aliphatic carbocycles. The van der Waals surface area contributed by atoms with Crippen LogP contribution in [0.2, 0.25) is 5.02 Å². The molecular weight excluding hydrogens is 272 g/mol. The van der Waals surface area contributed by atoms with Gasteiger partial charge in [-0.15, -0.1) is 0 Å². The zero-order valence-corrected chi connectivity index (χ0v) is 12.9. The Bertz CT molecular complexity index is 454. The van der Waals surface area contributed by atoms with Crippen LogP contribution >= 0.6 is 11.6 Å². The van der Waals surface area contributed by atoms with Crippen molar-refractivity contribution in [1.82, 2.24) is 0 Å². The predicted octanol–water partition coefficient (Wildman–Crippen LogP) is 4.74. The highest BCUT2D eigenvalue weighted by Gasteiger charge is 2.47. The first-order valence-electron chi connectivity index (χ1n) is 7.81. The summed E-state index contributed by atoms with van der Waals surface area (Å²) in [5.74, 6) is -0.301. The summed E-state index contributed by atoms with van der Waals surface area (Å²) in [4.78, 5) is 0. The zero-order chi connectivity index (χ0) is 14.0. The standard InChI is InChI=1S/C17H23ClO2/c1-2-15-16(12-13-8-4-5-9-14(13)18)20-17(19-15)10-6-3-7-11-17/h4-5,8-9,15-16H,2-3,6-7,10-12H2,1H3. The van der Waals surface area contributed by atoms with Crippen molar-refractivity contribution < 1.29 is 9.47 Å². The lowest BCUT2D eigenvalue weighted by Gasteiger charge is -2.32. The van der Waals surface area contributed by atoms with E-state index in [2.05, 4.69) is 13.0 Å². The molecule has 2 unspecified atom stereocenters. The van der Waals surface area contributed by atoms with Gasteiger partial charge in [-0.2, -0.15) is 0 Å². The van der Waals surface area contributed by atoms with Crippen molar-refractivity contribution in [2.24, 2.45) is 0 Å². The number of hydrogen-bond acceptors (Lipinski definition) is 2. The fourth-order valence-corrected chi connectivity index (χ4v) is 3.67. The second-order valence-corrected chi connectivity index (χ2v) is 6.39. The van der Waals surface area contributed by atoms with E-state index in [-0.39, 0.29) is 18.0 Å². The number of rotatable bonds is 3. The van der Waals surface area contributed by atoms with Gasteiger partial charge in [-0.05, 0) is 30.9 Å². The van der Waals surface area contributed by atoms with E-state index in [9.17, 15) is 0 Å². The van der Waals surface area contributed by atoms with Crippen molar-refractivity contribution in [3.8, 4) is 0 Å². The summed E-state index contributed by atoms with van der Waals surface area (Å²) >= 11 is 6.27. The van der Waals surface area contributed by atoms with Gasteiger partial charge in [-0.25, -0.2) is 0 Å². The van der Waals surface area contributed by atoms with E-state index >= 15 is 0 Å². The van der Waals surface area contributed by atoms with Crippen LogP contribution in [0.1, 0.15) is 51.0 Å². The van der Waals surface area contributed by atoms with E-state index in [1.54, 1.807) is 0 Å². The largest absolute Gasteiger partial charge is 0.344 e. The summed E-state index contributed by atoms with van der Waals surface area (Å²) in [6.07, 6.45) is 8.01. The molecule has 0 radical (unpaired) electrons. The normalized spacial score (nSPS) is 28.9. The first kappa shape index (κ1) is 14.4. The summed E-state index contributed by atoms with van der Waals surface area (Å²) in [5, 5.41) is 0.829. The molecule has 2 fully saturated rings. The average molecular weight is 295 g/mol. The summed E-state index contributed by atoms with van der Waals surface area (Å²) in [7, 11) is 0. The number of ether oxygens (including phenoxy) is 2. The molecule has 1 heterocycles. The molecule has 1 saturated heterocycles. The monoisotopic (exact) mass is 294 g/mol. The Morgan fingerprint density at radius 1 is 1.10 bits per heavy atom. The van der Waals surface area contributed by atoms with Crippen LogP contribution in [0.15, 0.2) is 24.3 Å².